The molecule has 2 aromatic rings. The van der Waals surface area contributed by atoms with Gasteiger partial charge in [-0.1, -0.05) is 24.3 Å². The zero-order valence-corrected chi connectivity index (χ0v) is 13.1. The average molecular weight is 314 g/mol. The summed E-state index contributed by atoms with van der Waals surface area (Å²) >= 11 is 0. The molecule has 1 aromatic carbocycles. The number of nitrogens with zero attached hydrogens (tertiary/aromatic N) is 3. The number of aliphatic hydroxyl groups is 1. The molecule has 0 atom stereocenters. The van der Waals surface area contributed by atoms with Crippen molar-refractivity contribution in [3.8, 4) is 0 Å². The predicted octanol–water partition coefficient (Wildman–Crippen LogP) is 1.60. The number of amides is 2. The molecule has 1 fully saturated rings. The lowest BCUT2D eigenvalue weighted by atomic mass is 10.1. The summed E-state index contributed by atoms with van der Waals surface area (Å²) in [5.74, 6) is 0. The van der Waals surface area contributed by atoms with Crippen molar-refractivity contribution in [1.82, 2.24) is 20.0 Å². The van der Waals surface area contributed by atoms with E-state index in [4.69, 9.17) is 5.11 Å². The van der Waals surface area contributed by atoms with Gasteiger partial charge in [0.15, 0.2) is 0 Å². The van der Waals surface area contributed by atoms with Crippen LogP contribution in [-0.2, 0) is 13.1 Å². The Bertz CT molecular complexity index is 638. The minimum absolute atomic E-state index is 0.00325. The van der Waals surface area contributed by atoms with Gasteiger partial charge in [-0.2, -0.15) is 5.10 Å². The second-order valence-electron chi connectivity index (χ2n) is 5.83. The lowest BCUT2D eigenvalue weighted by Crippen LogP contribution is -2.42. The first-order chi connectivity index (χ1) is 11.3. The molecule has 23 heavy (non-hydrogen) atoms. The molecule has 3 rings (SSSR count). The van der Waals surface area contributed by atoms with Crippen molar-refractivity contribution in [3.05, 3.63) is 53.9 Å². The minimum Gasteiger partial charge on any atom is -0.395 e. The Morgan fingerprint density at radius 2 is 2.17 bits per heavy atom. The molecule has 0 saturated heterocycles. The Balaban J connectivity index is 1.56. The van der Waals surface area contributed by atoms with Gasteiger partial charge in [-0.15, -0.1) is 0 Å². The van der Waals surface area contributed by atoms with Crippen molar-refractivity contribution in [2.24, 2.45) is 0 Å². The number of aliphatic hydroxyl groups excluding tert-OH is 1. The van der Waals surface area contributed by atoms with Crippen LogP contribution in [0.15, 0.2) is 42.7 Å². The summed E-state index contributed by atoms with van der Waals surface area (Å²) < 4.78 is 1.87. The van der Waals surface area contributed by atoms with Crippen LogP contribution in [0.2, 0.25) is 0 Å². The van der Waals surface area contributed by atoms with Gasteiger partial charge < -0.3 is 15.3 Å². The Kier molecular flexibility index (Phi) is 4.92. The Morgan fingerprint density at radius 1 is 1.35 bits per heavy atom. The highest BCUT2D eigenvalue weighted by Gasteiger charge is 2.31. The van der Waals surface area contributed by atoms with Crippen LogP contribution in [0.4, 0.5) is 4.79 Å². The molecule has 6 nitrogen and oxygen atoms in total. The third kappa shape index (κ3) is 4.32. The minimum atomic E-state index is -0.0981. The molecule has 0 radical (unpaired) electrons. The van der Waals surface area contributed by atoms with E-state index in [0.717, 1.165) is 24.0 Å². The number of benzene rings is 1. The largest absolute Gasteiger partial charge is 0.395 e. The Labute approximate surface area is 135 Å². The van der Waals surface area contributed by atoms with Crippen LogP contribution in [0.1, 0.15) is 24.0 Å². The molecule has 0 bridgehead atoms. The summed E-state index contributed by atoms with van der Waals surface area (Å²) in [5.41, 5.74) is 2.21. The van der Waals surface area contributed by atoms with Crippen LogP contribution in [0.25, 0.3) is 0 Å². The molecule has 0 unspecified atom stereocenters. The maximum Gasteiger partial charge on any atom is 0.317 e. The zero-order valence-electron chi connectivity index (χ0n) is 13.1. The van der Waals surface area contributed by atoms with Gasteiger partial charge in [0.25, 0.3) is 0 Å². The normalized spacial score (nSPS) is 13.8. The molecule has 1 aliphatic carbocycles. The fraction of sp³-hybridized carbons (Fsp3) is 0.412. The molecule has 1 aliphatic rings. The lowest BCUT2D eigenvalue weighted by molar-refractivity contribution is 0.173. The topological polar surface area (TPSA) is 70.4 Å². The van der Waals surface area contributed by atoms with Gasteiger partial charge >= 0.3 is 6.03 Å². The van der Waals surface area contributed by atoms with Crippen molar-refractivity contribution in [2.45, 2.75) is 32.0 Å². The number of hydrogen-bond acceptors (Lipinski definition) is 3. The highest BCUT2D eigenvalue weighted by atomic mass is 16.3. The molecule has 0 spiro atoms. The number of carbonyl (C=O) groups excluding carboxylic acids is 1. The van der Waals surface area contributed by atoms with Gasteiger partial charge in [0.05, 0.1) is 13.2 Å². The van der Waals surface area contributed by atoms with E-state index in [-0.39, 0.29) is 12.6 Å². The number of rotatable bonds is 7. The summed E-state index contributed by atoms with van der Waals surface area (Å²) in [7, 11) is 0. The first-order valence-corrected chi connectivity index (χ1v) is 7.97. The molecule has 1 aromatic heterocycles. The molecular weight excluding hydrogens is 292 g/mol. The number of aromatic nitrogens is 2. The highest BCUT2D eigenvalue weighted by molar-refractivity contribution is 5.74. The van der Waals surface area contributed by atoms with Crippen LogP contribution in [0.3, 0.4) is 0 Å². The van der Waals surface area contributed by atoms with Crippen LogP contribution < -0.4 is 5.32 Å². The number of carbonyl (C=O) groups is 1. The summed E-state index contributed by atoms with van der Waals surface area (Å²) in [6, 6.07) is 10.2. The number of urea groups is 1. The summed E-state index contributed by atoms with van der Waals surface area (Å²) in [4.78, 5) is 13.9. The van der Waals surface area contributed by atoms with E-state index in [1.807, 2.05) is 29.1 Å². The number of nitrogens with one attached hydrogen (secondary N) is 1. The summed E-state index contributed by atoms with van der Waals surface area (Å²) in [6.07, 6.45) is 5.76. The fourth-order valence-corrected chi connectivity index (χ4v) is 2.64. The van der Waals surface area contributed by atoms with Gasteiger partial charge in [-0.3, -0.25) is 4.68 Å². The van der Waals surface area contributed by atoms with Crippen molar-refractivity contribution in [2.75, 3.05) is 13.2 Å². The average Bonchev–Trinajstić information content (AvgIpc) is 3.28. The molecule has 122 valence electrons. The summed E-state index contributed by atoms with van der Waals surface area (Å²) in [5, 5.41) is 16.2. The zero-order chi connectivity index (χ0) is 16.1. The Morgan fingerprint density at radius 3 is 2.87 bits per heavy atom. The lowest BCUT2D eigenvalue weighted by Gasteiger charge is -2.21. The van der Waals surface area contributed by atoms with Crippen LogP contribution in [0, 0.1) is 0 Å². The molecule has 2 N–H and O–H groups in total. The van der Waals surface area contributed by atoms with Gasteiger partial charge in [-0.25, -0.2) is 4.79 Å². The van der Waals surface area contributed by atoms with E-state index in [1.54, 1.807) is 11.1 Å². The predicted molar refractivity (Wildman–Crippen MR) is 86.8 cm³/mol. The molecule has 1 saturated carbocycles. The maximum atomic E-state index is 12.2. The van der Waals surface area contributed by atoms with E-state index < -0.39 is 0 Å². The van der Waals surface area contributed by atoms with E-state index in [9.17, 15) is 4.79 Å². The number of hydrogen-bond donors (Lipinski definition) is 2. The highest BCUT2D eigenvalue weighted by Crippen LogP contribution is 2.26. The third-order valence-electron chi connectivity index (χ3n) is 3.93. The van der Waals surface area contributed by atoms with E-state index >= 15 is 0 Å². The first kappa shape index (κ1) is 15.6. The maximum absolute atomic E-state index is 12.2. The van der Waals surface area contributed by atoms with Crippen molar-refractivity contribution in [1.29, 1.82) is 0 Å². The SMILES string of the molecule is O=C(NCc1cccc(Cn2cccn2)c1)N(CCO)C1CC1. The standard InChI is InChI=1S/C17H22N4O2/c22-10-9-21(16-5-6-16)17(23)18-12-14-3-1-4-15(11-14)13-20-8-2-7-19-20/h1-4,7-8,11,16,22H,5-6,9-10,12-13H2,(H,18,23). The fourth-order valence-electron chi connectivity index (χ4n) is 2.64. The molecule has 0 aliphatic heterocycles. The molecule has 1 heterocycles. The van der Waals surface area contributed by atoms with Gasteiger partial charge in [0.1, 0.15) is 0 Å². The monoisotopic (exact) mass is 314 g/mol. The van der Waals surface area contributed by atoms with Gasteiger partial charge in [0.2, 0.25) is 0 Å². The van der Waals surface area contributed by atoms with Crippen molar-refractivity contribution >= 4 is 6.03 Å². The second-order valence-corrected chi connectivity index (χ2v) is 5.83. The van der Waals surface area contributed by atoms with Crippen LogP contribution in [0.5, 0.6) is 0 Å². The van der Waals surface area contributed by atoms with E-state index in [0.29, 0.717) is 25.7 Å². The summed E-state index contributed by atoms with van der Waals surface area (Å²) in [6.45, 7) is 1.60. The van der Waals surface area contributed by atoms with Crippen LogP contribution in [-0.4, -0.2) is 45.0 Å². The smallest absolute Gasteiger partial charge is 0.317 e. The van der Waals surface area contributed by atoms with Crippen LogP contribution >= 0.6 is 0 Å². The third-order valence-corrected chi connectivity index (χ3v) is 3.93. The molecular formula is C17H22N4O2. The second kappa shape index (κ2) is 7.28. The van der Waals surface area contributed by atoms with Crippen molar-refractivity contribution < 1.29 is 9.90 Å². The molecule has 6 heteroatoms. The first-order valence-electron chi connectivity index (χ1n) is 7.97. The quantitative estimate of drug-likeness (QED) is 0.815. The van der Waals surface area contributed by atoms with Gasteiger partial charge in [0, 0.05) is 31.5 Å². The Hall–Kier alpha value is -2.34. The molecule has 2 amide bonds. The van der Waals surface area contributed by atoms with E-state index in [1.165, 1.54) is 0 Å². The van der Waals surface area contributed by atoms with Crippen molar-refractivity contribution in [3.63, 3.8) is 0 Å². The van der Waals surface area contributed by atoms with Gasteiger partial charge in [-0.05, 0) is 30.0 Å². The van der Waals surface area contributed by atoms with E-state index in [2.05, 4.69) is 22.5 Å².